The highest BCUT2D eigenvalue weighted by molar-refractivity contribution is 6.30. The van der Waals surface area contributed by atoms with E-state index in [1.165, 1.54) is 0 Å². The van der Waals surface area contributed by atoms with E-state index in [1.807, 2.05) is 19.1 Å². The first-order valence-corrected chi connectivity index (χ1v) is 10.4. The maximum absolute atomic E-state index is 12.9. The molecule has 1 aliphatic rings. The van der Waals surface area contributed by atoms with Crippen LogP contribution in [0, 0.1) is 20.8 Å². The Morgan fingerprint density at radius 2 is 1.68 bits per heavy atom. The topological polar surface area (TPSA) is 97.4 Å². The van der Waals surface area contributed by atoms with E-state index in [0.29, 0.717) is 42.8 Å². The minimum absolute atomic E-state index is 0.00230. The van der Waals surface area contributed by atoms with Crippen LogP contribution in [0.5, 0.6) is 0 Å². The summed E-state index contributed by atoms with van der Waals surface area (Å²) in [4.78, 5) is 33.4. The quantitative estimate of drug-likeness (QED) is 0.615. The number of aryl methyl sites for hydroxylation is 3. The van der Waals surface area contributed by atoms with Gasteiger partial charge in [-0.25, -0.2) is 9.67 Å². The van der Waals surface area contributed by atoms with Gasteiger partial charge < -0.3 is 14.3 Å². The molecule has 0 N–H and O–H groups in total. The molecular formula is C21H23ClN6O3. The van der Waals surface area contributed by atoms with Gasteiger partial charge in [0.15, 0.2) is 0 Å². The van der Waals surface area contributed by atoms with Crippen LogP contribution >= 0.6 is 11.6 Å². The number of nitrogens with zero attached hydrogens (tertiary/aromatic N) is 6. The number of hydrogen-bond acceptors (Lipinski definition) is 6. The fourth-order valence-electron chi connectivity index (χ4n) is 3.63. The van der Waals surface area contributed by atoms with E-state index in [9.17, 15) is 9.59 Å². The molecule has 1 aromatic carbocycles. The summed E-state index contributed by atoms with van der Waals surface area (Å²) >= 11 is 5.94. The van der Waals surface area contributed by atoms with Crippen LogP contribution in [0.2, 0.25) is 5.02 Å². The highest BCUT2D eigenvalue weighted by Crippen LogP contribution is 2.17. The summed E-state index contributed by atoms with van der Waals surface area (Å²) in [5, 5.41) is 8.90. The molecule has 1 fully saturated rings. The number of aromatic nitrogens is 4. The van der Waals surface area contributed by atoms with Gasteiger partial charge in [-0.1, -0.05) is 16.8 Å². The monoisotopic (exact) mass is 442 g/mol. The highest BCUT2D eigenvalue weighted by Gasteiger charge is 2.28. The van der Waals surface area contributed by atoms with E-state index in [2.05, 4.69) is 15.2 Å². The minimum Gasteiger partial charge on any atom is -0.361 e. The molecule has 0 spiro atoms. The van der Waals surface area contributed by atoms with Crippen LogP contribution < -0.4 is 0 Å². The maximum Gasteiger partial charge on any atom is 0.293 e. The van der Waals surface area contributed by atoms with Gasteiger partial charge in [0.1, 0.15) is 11.6 Å². The Hall–Kier alpha value is -3.20. The van der Waals surface area contributed by atoms with Gasteiger partial charge in [-0.05, 0) is 45.0 Å². The van der Waals surface area contributed by atoms with E-state index >= 15 is 0 Å². The molecule has 2 amide bonds. The number of benzene rings is 1. The van der Waals surface area contributed by atoms with Gasteiger partial charge in [0.05, 0.1) is 17.8 Å². The summed E-state index contributed by atoms with van der Waals surface area (Å²) in [5.41, 5.74) is 2.34. The zero-order valence-electron chi connectivity index (χ0n) is 17.6. The van der Waals surface area contributed by atoms with Crippen molar-refractivity contribution >= 4 is 23.4 Å². The Morgan fingerprint density at radius 1 is 1.03 bits per heavy atom. The van der Waals surface area contributed by atoms with E-state index < -0.39 is 0 Å². The molecule has 0 atom stereocenters. The minimum atomic E-state index is -0.242. The lowest BCUT2D eigenvalue weighted by atomic mass is 10.1. The summed E-state index contributed by atoms with van der Waals surface area (Å²) in [6.45, 7) is 7.21. The molecule has 0 bridgehead atoms. The van der Waals surface area contributed by atoms with Crippen LogP contribution in [0.1, 0.15) is 33.5 Å². The van der Waals surface area contributed by atoms with Crippen molar-refractivity contribution in [2.75, 3.05) is 26.2 Å². The Kier molecular flexibility index (Phi) is 5.77. The smallest absolute Gasteiger partial charge is 0.293 e. The summed E-state index contributed by atoms with van der Waals surface area (Å²) in [6.07, 6.45) is 0.251. The lowest BCUT2D eigenvalue weighted by Crippen LogP contribution is -2.51. The Labute approximate surface area is 184 Å². The molecule has 3 aromatic rings. The van der Waals surface area contributed by atoms with Crippen molar-refractivity contribution in [2.45, 2.75) is 27.2 Å². The van der Waals surface area contributed by atoms with Gasteiger partial charge in [-0.3, -0.25) is 9.59 Å². The van der Waals surface area contributed by atoms with E-state index in [0.717, 1.165) is 16.9 Å². The molecule has 0 radical (unpaired) electrons. The Morgan fingerprint density at radius 3 is 2.29 bits per heavy atom. The summed E-state index contributed by atoms with van der Waals surface area (Å²) < 4.78 is 6.75. The van der Waals surface area contributed by atoms with E-state index in [1.54, 1.807) is 40.5 Å². The van der Waals surface area contributed by atoms with Crippen LogP contribution in [0.15, 0.2) is 28.8 Å². The van der Waals surface area contributed by atoms with Crippen LogP contribution in [0.3, 0.4) is 0 Å². The van der Waals surface area contributed by atoms with Gasteiger partial charge >= 0.3 is 0 Å². The molecule has 1 aliphatic heterocycles. The third-order valence-corrected chi connectivity index (χ3v) is 5.71. The van der Waals surface area contributed by atoms with Gasteiger partial charge in [0.25, 0.3) is 5.91 Å². The number of amides is 2. The molecule has 10 heteroatoms. The Bertz CT molecular complexity index is 1090. The third-order valence-electron chi connectivity index (χ3n) is 5.46. The second-order valence-corrected chi connectivity index (χ2v) is 7.96. The molecule has 3 heterocycles. The van der Waals surface area contributed by atoms with Crippen molar-refractivity contribution in [3.05, 3.63) is 58.0 Å². The molecule has 162 valence electrons. The van der Waals surface area contributed by atoms with Crippen molar-refractivity contribution in [2.24, 2.45) is 0 Å². The van der Waals surface area contributed by atoms with Crippen molar-refractivity contribution in [1.29, 1.82) is 0 Å². The zero-order valence-corrected chi connectivity index (χ0v) is 18.4. The molecular weight excluding hydrogens is 420 g/mol. The number of hydrogen-bond donors (Lipinski definition) is 0. The molecule has 0 saturated carbocycles. The first-order valence-electron chi connectivity index (χ1n) is 10.0. The van der Waals surface area contributed by atoms with Crippen LogP contribution in [0.4, 0.5) is 0 Å². The summed E-state index contributed by atoms with van der Waals surface area (Å²) in [6, 6.07) is 7.17. The second-order valence-electron chi connectivity index (χ2n) is 7.52. The number of rotatable bonds is 4. The van der Waals surface area contributed by atoms with Gasteiger partial charge in [0, 0.05) is 36.8 Å². The number of halogens is 1. The standard InChI is InChI=1S/C21H23ClN6O3/c1-13-18(14(2)31-25-13)12-19(29)26-8-10-27(11-9-26)21(30)20-23-15(3)28(24-20)17-6-4-16(22)5-7-17/h4-7H,8-12H2,1-3H3. The van der Waals surface area contributed by atoms with Crippen LogP contribution in [-0.2, 0) is 11.2 Å². The van der Waals surface area contributed by atoms with Gasteiger partial charge in [-0.2, -0.15) is 0 Å². The first kappa shape index (κ1) is 21.0. The molecule has 9 nitrogen and oxygen atoms in total. The molecule has 0 unspecified atom stereocenters. The van der Waals surface area contributed by atoms with Gasteiger partial charge in [0.2, 0.25) is 11.7 Å². The Balaban J connectivity index is 1.39. The zero-order chi connectivity index (χ0) is 22.1. The predicted molar refractivity (Wildman–Crippen MR) is 113 cm³/mol. The maximum atomic E-state index is 12.9. The highest BCUT2D eigenvalue weighted by atomic mass is 35.5. The number of carbonyl (C=O) groups excluding carboxylic acids is 2. The van der Waals surface area contributed by atoms with Crippen LogP contribution in [0.25, 0.3) is 5.69 Å². The van der Waals surface area contributed by atoms with Crippen LogP contribution in [-0.4, -0.2) is 67.7 Å². The molecule has 0 aliphatic carbocycles. The molecule has 2 aromatic heterocycles. The largest absolute Gasteiger partial charge is 0.361 e. The summed E-state index contributed by atoms with van der Waals surface area (Å²) in [5.74, 6) is 1.18. The lowest BCUT2D eigenvalue weighted by Gasteiger charge is -2.34. The fraction of sp³-hybridized carbons (Fsp3) is 0.381. The van der Waals surface area contributed by atoms with E-state index in [-0.39, 0.29) is 24.1 Å². The summed E-state index contributed by atoms with van der Waals surface area (Å²) in [7, 11) is 0. The predicted octanol–water partition coefficient (Wildman–Crippen LogP) is 2.36. The first-order chi connectivity index (χ1) is 14.8. The van der Waals surface area contributed by atoms with Crippen molar-refractivity contribution in [3.63, 3.8) is 0 Å². The average molecular weight is 443 g/mol. The number of piperazine rings is 1. The normalized spacial score (nSPS) is 14.2. The molecule has 31 heavy (non-hydrogen) atoms. The van der Waals surface area contributed by atoms with Crippen molar-refractivity contribution < 1.29 is 14.1 Å². The fourth-order valence-corrected chi connectivity index (χ4v) is 3.75. The molecule has 4 rings (SSSR count). The number of carbonyl (C=O) groups is 2. The molecule has 1 saturated heterocycles. The van der Waals surface area contributed by atoms with E-state index in [4.69, 9.17) is 16.1 Å². The SMILES string of the molecule is Cc1noc(C)c1CC(=O)N1CCN(C(=O)c2nc(C)n(-c3ccc(Cl)cc3)n2)CC1. The second kappa shape index (κ2) is 8.50. The average Bonchev–Trinajstić information content (AvgIpc) is 3.31. The lowest BCUT2D eigenvalue weighted by molar-refractivity contribution is -0.131. The third kappa shape index (κ3) is 4.32. The van der Waals surface area contributed by atoms with Crippen molar-refractivity contribution in [1.82, 2.24) is 29.7 Å². The van der Waals surface area contributed by atoms with Gasteiger partial charge in [-0.15, -0.1) is 5.10 Å². The van der Waals surface area contributed by atoms with Crippen molar-refractivity contribution in [3.8, 4) is 5.69 Å².